The number of nitrogens with two attached hydrogens (primary N) is 1. The Morgan fingerprint density at radius 2 is 1.74 bits per heavy atom. The molecule has 4 N–H and O–H groups in total. The normalized spacial score (nSPS) is 22.4. The second kappa shape index (κ2) is 10.7. The minimum absolute atomic E-state index is 0.0528. The van der Waals surface area contributed by atoms with E-state index in [1.807, 2.05) is 12.1 Å². The van der Waals surface area contributed by atoms with E-state index in [1.165, 1.54) is 12.1 Å². The van der Waals surface area contributed by atoms with Crippen LogP contribution in [0.15, 0.2) is 30.5 Å². The summed E-state index contributed by atoms with van der Waals surface area (Å²) >= 11 is 0. The highest BCUT2D eigenvalue weighted by Gasteiger charge is 2.42. The van der Waals surface area contributed by atoms with Gasteiger partial charge < -0.3 is 21.3 Å². The lowest BCUT2D eigenvalue weighted by Gasteiger charge is -2.40. The predicted octanol–water partition coefficient (Wildman–Crippen LogP) is 3.73. The Labute approximate surface area is 220 Å². The van der Waals surface area contributed by atoms with E-state index in [0.717, 1.165) is 44.3 Å². The number of piperidine rings is 1. The molecule has 1 aromatic carbocycles. The molecule has 5 rings (SSSR count). The second-order valence-electron chi connectivity index (χ2n) is 10.7. The summed E-state index contributed by atoms with van der Waals surface area (Å²) in [4.78, 5) is 44.4. The molecule has 2 atom stereocenters. The minimum Gasteiger partial charge on any atom is -0.376 e. The van der Waals surface area contributed by atoms with Crippen molar-refractivity contribution in [2.75, 3.05) is 23.6 Å². The highest BCUT2D eigenvalue weighted by molar-refractivity contribution is 6.03. The number of nitrogens with one attached hydrogen (secondary N) is 2. The second-order valence-corrected chi connectivity index (χ2v) is 10.7. The van der Waals surface area contributed by atoms with E-state index in [4.69, 9.17) is 5.73 Å². The number of benzene rings is 1. The number of pyridine rings is 1. The molecule has 1 saturated carbocycles. The van der Waals surface area contributed by atoms with Gasteiger partial charge in [0.1, 0.15) is 19.2 Å². The zero-order chi connectivity index (χ0) is 27.0. The van der Waals surface area contributed by atoms with Gasteiger partial charge in [0.15, 0.2) is 5.78 Å². The van der Waals surface area contributed by atoms with E-state index in [-0.39, 0.29) is 47.0 Å². The third-order valence-corrected chi connectivity index (χ3v) is 7.92. The Morgan fingerprint density at radius 1 is 1.05 bits per heavy atom. The number of Topliss-reactive ketones (excluding diaryl/α,β-unsaturated/α-hetero) is 1. The lowest BCUT2D eigenvalue weighted by Crippen LogP contribution is -2.50. The molecule has 2 bridgehead atoms. The number of ketones is 1. The van der Waals surface area contributed by atoms with Gasteiger partial charge in [0.2, 0.25) is 0 Å². The molecule has 3 heterocycles. The molecule has 38 heavy (non-hydrogen) atoms. The number of anilines is 2. The standard InChI is InChI=1S/C28H33F2N5O3/c1-15-8-23(27(31)37)24(33-19(12-29)13-30)11-22(15)28(38)34-18-9-20-5-6-21(10-18)35(20)25-7-4-17(14-32-25)26(36)16-2-3-16/h4,7-8,11,14,16,18-21,33H,2-3,5-6,9-10,12-13H2,1H3,(H2,31,37)(H,34,38). The van der Waals surface area contributed by atoms with Crippen LogP contribution in [0.5, 0.6) is 0 Å². The van der Waals surface area contributed by atoms with Crippen LogP contribution in [-0.4, -0.2) is 60.1 Å². The minimum atomic E-state index is -1.14. The van der Waals surface area contributed by atoms with E-state index >= 15 is 0 Å². The van der Waals surface area contributed by atoms with Crippen molar-refractivity contribution < 1.29 is 23.2 Å². The van der Waals surface area contributed by atoms with Crippen LogP contribution in [0.1, 0.15) is 75.2 Å². The highest BCUT2D eigenvalue weighted by atomic mass is 19.1. The number of carbonyl (C=O) groups is 3. The maximum Gasteiger partial charge on any atom is 0.251 e. The SMILES string of the molecule is Cc1cc(C(N)=O)c(NC(CF)CF)cc1C(=O)NC1CC2CCC(C1)N2c1ccc(C(=O)C2CC2)cn1. The Balaban J connectivity index is 1.27. The summed E-state index contributed by atoms with van der Waals surface area (Å²) in [5, 5.41) is 5.78. The molecule has 202 valence electrons. The van der Waals surface area contributed by atoms with Gasteiger partial charge in [0.05, 0.1) is 11.6 Å². The summed E-state index contributed by atoms with van der Waals surface area (Å²) in [5.74, 6) is 0.142. The summed E-state index contributed by atoms with van der Waals surface area (Å²) in [6, 6.07) is 5.98. The quantitative estimate of drug-likeness (QED) is 0.407. The van der Waals surface area contributed by atoms with E-state index in [1.54, 1.807) is 13.1 Å². The van der Waals surface area contributed by atoms with Gasteiger partial charge in [-0.1, -0.05) is 0 Å². The molecule has 8 nitrogen and oxygen atoms in total. The first kappa shape index (κ1) is 26.1. The molecule has 3 aliphatic rings. The fourth-order valence-electron chi connectivity index (χ4n) is 5.81. The van der Waals surface area contributed by atoms with Gasteiger partial charge in [-0.05, 0) is 75.3 Å². The predicted molar refractivity (Wildman–Crippen MR) is 140 cm³/mol. The summed E-state index contributed by atoms with van der Waals surface area (Å²) in [5.41, 5.74) is 7.21. The van der Waals surface area contributed by atoms with Crippen LogP contribution in [0.4, 0.5) is 20.3 Å². The number of aromatic nitrogens is 1. The summed E-state index contributed by atoms with van der Waals surface area (Å²) < 4.78 is 26.3. The van der Waals surface area contributed by atoms with Crippen LogP contribution in [0, 0.1) is 12.8 Å². The van der Waals surface area contributed by atoms with E-state index in [2.05, 4.69) is 20.5 Å². The van der Waals surface area contributed by atoms with Crippen LogP contribution in [0.25, 0.3) is 0 Å². The number of rotatable bonds is 10. The van der Waals surface area contributed by atoms with Gasteiger partial charge in [-0.2, -0.15) is 0 Å². The monoisotopic (exact) mass is 525 g/mol. The molecule has 2 aliphatic heterocycles. The highest BCUT2D eigenvalue weighted by Crippen LogP contribution is 2.39. The molecule has 1 aliphatic carbocycles. The first-order valence-electron chi connectivity index (χ1n) is 13.2. The topological polar surface area (TPSA) is 117 Å². The van der Waals surface area contributed by atoms with E-state index in [9.17, 15) is 23.2 Å². The number of hydrogen-bond donors (Lipinski definition) is 3. The number of halogens is 2. The van der Waals surface area contributed by atoms with E-state index < -0.39 is 25.3 Å². The fourth-order valence-corrected chi connectivity index (χ4v) is 5.81. The largest absolute Gasteiger partial charge is 0.376 e. The number of hydrogen-bond acceptors (Lipinski definition) is 6. The molecule has 0 spiro atoms. The lowest BCUT2D eigenvalue weighted by atomic mass is 9.95. The summed E-state index contributed by atoms with van der Waals surface area (Å²) in [6.07, 6.45) is 7.11. The van der Waals surface area contributed by atoms with Crippen molar-refractivity contribution in [2.24, 2.45) is 11.7 Å². The lowest BCUT2D eigenvalue weighted by molar-refractivity contribution is 0.0923. The number of aryl methyl sites for hydroxylation is 1. The van der Waals surface area contributed by atoms with Gasteiger partial charge in [0, 0.05) is 47.1 Å². The van der Waals surface area contributed by atoms with Gasteiger partial charge in [-0.25, -0.2) is 13.8 Å². The maximum atomic E-state index is 13.3. The Hall–Kier alpha value is -3.56. The summed E-state index contributed by atoms with van der Waals surface area (Å²) in [6.45, 7) is -0.248. The van der Waals surface area contributed by atoms with Crippen LogP contribution in [0.2, 0.25) is 0 Å². The third-order valence-electron chi connectivity index (χ3n) is 7.92. The number of alkyl halides is 2. The van der Waals surface area contributed by atoms with Crippen molar-refractivity contribution in [3.05, 3.63) is 52.7 Å². The van der Waals surface area contributed by atoms with Crippen LogP contribution in [-0.2, 0) is 0 Å². The van der Waals surface area contributed by atoms with Crippen LogP contribution >= 0.6 is 0 Å². The Bertz CT molecular complexity index is 1220. The van der Waals surface area contributed by atoms with Gasteiger partial charge in [-0.15, -0.1) is 0 Å². The number of carbonyl (C=O) groups excluding carboxylic acids is 3. The average Bonchev–Trinajstić information content (AvgIpc) is 3.72. The van der Waals surface area contributed by atoms with Crippen molar-refractivity contribution in [2.45, 2.75) is 69.6 Å². The molecular formula is C28H33F2N5O3. The Morgan fingerprint density at radius 3 is 2.29 bits per heavy atom. The molecule has 2 amide bonds. The molecule has 2 unspecified atom stereocenters. The van der Waals surface area contributed by atoms with Crippen molar-refractivity contribution in [1.82, 2.24) is 10.3 Å². The van der Waals surface area contributed by atoms with Crippen molar-refractivity contribution in [1.29, 1.82) is 0 Å². The molecule has 10 heteroatoms. The first-order chi connectivity index (χ1) is 18.3. The van der Waals surface area contributed by atoms with Crippen molar-refractivity contribution in [3.63, 3.8) is 0 Å². The third kappa shape index (κ3) is 5.21. The molecular weight excluding hydrogens is 492 g/mol. The molecule has 0 radical (unpaired) electrons. The first-order valence-corrected chi connectivity index (χ1v) is 13.2. The number of amides is 2. The van der Waals surface area contributed by atoms with Gasteiger partial charge in [0.25, 0.3) is 11.8 Å². The van der Waals surface area contributed by atoms with Crippen molar-refractivity contribution in [3.8, 4) is 0 Å². The fraction of sp³-hybridized carbons (Fsp3) is 0.500. The molecule has 2 aromatic rings. The molecule has 2 saturated heterocycles. The van der Waals surface area contributed by atoms with Gasteiger partial charge in [-0.3, -0.25) is 14.4 Å². The number of fused-ring (bicyclic) bond motifs is 2. The zero-order valence-corrected chi connectivity index (χ0v) is 21.4. The molecule has 3 fully saturated rings. The Kier molecular flexibility index (Phi) is 7.32. The smallest absolute Gasteiger partial charge is 0.251 e. The van der Waals surface area contributed by atoms with E-state index in [0.29, 0.717) is 16.7 Å². The zero-order valence-electron chi connectivity index (χ0n) is 21.4. The van der Waals surface area contributed by atoms with Gasteiger partial charge >= 0.3 is 0 Å². The van der Waals surface area contributed by atoms with Crippen molar-refractivity contribution >= 4 is 29.1 Å². The molecule has 1 aromatic heterocycles. The average molecular weight is 526 g/mol. The van der Waals surface area contributed by atoms with Crippen LogP contribution in [0.3, 0.4) is 0 Å². The maximum absolute atomic E-state index is 13.3. The number of primary amides is 1. The number of nitrogens with zero attached hydrogens (tertiary/aromatic N) is 2. The summed E-state index contributed by atoms with van der Waals surface area (Å²) in [7, 11) is 0. The van der Waals surface area contributed by atoms with Crippen LogP contribution < -0.4 is 21.3 Å².